The summed E-state index contributed by atoms with van der Waals surface area (Å²) in [5.41, 5.74) is 2.64. The minimum absolute atomic E-state index is 0.0395. The van der Waals surface area contributed by atoms with E-state index in [1.54, 1.807) is 28.1 Å². The first-order valence-corrected chi connectivity index (χ1v) is 10.4. The summed E-state index contributed by atoms with van der Waals surface area (Å²) in [6.45, 7) is 4.47. The van der Waals surface area contributed by atoms with Gasteiger partial charge in [-0.15, -0.1) is 27.8 Å². The minimum Gasteiger partial charge on any atom is -0.370 e. The van der Waals surface area contributed by atoms with Crippen molar-refractivity contribution in [3.05, 3.63) is 48.5 Å². The lowest BCUT2D eigenvalue weighted by Gasteiger charge is -2.26. The fraction of sp³-hybridized carbons (Fsp3) is 0.375. The van der Waals surface area contributed by atoms with Crippen molar-refractivity contribution in [2.24, 2.45) is 0 Å². The first-order valence-electron chi connectivity index (χ1n) is 7.84. The number of fused-ring (bicyclic) bond motifs is 1. The Hall–Kier alpha value is -1.68. The predicted molar refractivity (Wildman–Crippen MR) is 98.0 cm³/mol. The second kappa shape index (κ2) is 7.28. The van der Waals surface area contributed by atoms with Crippen molar-refractivity contribution >= 4 is 40.1 Å². The smallest absolute Gasteiger partial charge is 0.275 e. The number of amides is 1. The molecule has 0 saturated heterocycles. The maximum Gasteiger partial charge on any atom is 0.275 e. The fourth-order valence-corrected chi connectivity index (χ4v) is 4.92. The highest BCUT2D eigenvalue weighted by atomic mass is 32.1. The Morgan fingerprint density at radius 1 is 1.36 bits per heavy atom. The maximum absolute atomic E-state index is 12.4. The van der Waals surface area contributed by atoms with Crippen molar-refractivity contribution in [3.8, 4) is 0 Å². The van der Waals surface area contributed by atoms with Crippen LogP contribution >= 0.6 is 34.2 Å². The van der Waals surface area contributed by atoms with Crippen LogP contribution in [0.4, 0.5) is 0 Å². The summed E-state index contributed by atoms with van der Waals surface area (Å²) in [5, 5.41) is 8.67. The molecule has 0 radical (unpaired) electrons. The molecule has 0 saturated carbocycles. The molecule has 0 fully saturated rings. The summed E-state index contributed by atoms with van der Waals surface area (Å²) in [6.07, 6.45) is 0.884. The van der Waals surface area contributed by atoms with E-state index in [2.05, 4.69) is 20.6 Å². The average Bonchev–Trinajstić information content (AvgIpc) is 3.34. The van der Waals surface area contributed by atoms with Gasteiger partial charge in [0.15, 0.2) is 5.69 Å². The van der Waals surface area contributed by atoms with Crippen molar-refractivity contribution in [2.75, 3.05) is 6.54 Å². The Morgan fingerprint density at radius 2 is 2.28 bits per heavy atom. The number of nitrogens with zero attached hydrogens (tertiary/aromatic N) is 4. The van der Waals surface area contributed by atoms with E-state index < -0.39 is 0 Å². The zero-order valence-corrected chi connectivity index (χ0v) is 16.0. The standard InChI is InChI=1S/C16H16N4O2S3/c1-10-17-12(8-23-10)6-22-7-13-4-11-5-20(3-2-15(11)25-13)16(21)14-9-24-19-18-14/h4,8-9H,2-3,5-7H2,1H3. The van der Waals surface area contributed by atoms with E-state index in [9.17, 15) is 4.79 Å². The van der Waals surface area contributed by atoms with Gasteiger partial charge in [-0.25, -0.2) is 4.98 Å². The van der Waals surface area contributed by atoms with Crippen LogP contribution in [0.2, 0.25) is 0 Å². The van der Waals surface area contributed by atoms with E-state index >= 15 is 0 Å². The Kier molecular flexibility index (Phi) is 4.89. The molecular weight excluding hydrogens is 376 g/mol. The summed E-state index contributed by atoms with van der Waals surface area (Å²) < 4.78 is 9.56. The number of carbonyl (C=O) groups is 1. The molecule has 0 aromatic carbocycles. The molecule has 3 aromatic heterocycles. The number of aromatic nitrogens is 3. The Balaban J connectivity index is 1.36. The van der Waals surface area contributed by atoms with Gasteiger partial charge in [0.1, 0.15) is 0 Å². The maximum atomic E-state index is 12.4. The normalized spacial score (nSPS) is 13.9. The lowest BCUT2D eigenvalue weighted by atomic mass is 10.1. The molecular formula is C16H16N4O2S3. The van der Waals surface area contributed by atoms with E-state index in [0.29, 0.717) is 25.5 Å². The van der Waals surface area contributed by atoms with Gasteiger partial charge in [0, 0.05) is 33.6 Å². The molecule has 1 amide bonds. The van der Waals surface area contributed by atoms with Crippen molar-refractivity contribution < 1.29 is 9.53 Å². The first kappa shape index (κ1) is 16.8. The number of ether oxygens (including phenoxy) is 1. The van der Waals surface area contributed by atoms with E-state index in [-0.39, 0.29) is 5.91 Å². The number of rotatable bonds is 5. The van der Waals surface area contributed by atoms with Crippen LogP contribution in [0.25, 0.3) is 0 Å². The van der Waals surface area contributed by atoms with Gasteiger partial charge in [0.2, 0.25) is 0 Å². The zero-order valence-electron chi connectivity index (χ0n) is 13.6. The largest absolute Gasteiger partial charge is 0.370 e. The van der Waals surface area contributed by atoms with Gasteiger partial charge >= 0.3 is 0 Å². The zero-order chi connectivity index (χ0) is 17.2. The molecule has 9 heteroatoms. The van der Waals surface area contributed by atoms with Crippen molar-refractivity contribution in [3.63, 3.8) is 0 Å². The lowest BCUT2D eigenvalue weighted by Crippen LogP contribution is -2.35. The molecule has 130 valence electrons. The van der Waals surface area contributed by atoms with Gasteiger partial charge in [-0.2, -0.15) is 0 Å². The molecule has 4 heterocycles. The van der Waals surface area contributed by atoms with E-state index in [0.717, 1.165) is 23.7 Å². The van der Waals surface area contributed by atoms with Crippen LogP contribution in [0.1, 0.15) is 36.5 Å². The molecule has 0 unspecified atom stereocenters. The first-order chi connectivity index (χ1) is 12.2. The topological polar surface area (TPSA) is 68.2 Å². The molecule has 0 bridgehead atoms. The Bertz CT molecular complexity index is 872. The molecule has 3 aromatic rings. The van der Waals surface area contributed by atoms with Gasteiger partial charge in [0.05, 0.1) is 23.9 Å². The summed E-state index contributed by atoms with van der Waals surface area (Å²) in [5.74, 6) is -0.0395. The van der Waals surface area contributed by atoms with E-state index in [1.807, 2.05) is 17.2 Å². The molecule has 1 aliphatic rings. The molecule has 0 spiro atoms. The number of aryl methyl sites for hydroxylation is 1. The fourth-order valence-electron chi connectivity index (χ4n) is 2.79. The van der Waals surface area contributed by atoms with Gasteiger partial charge in [-0.1, -0.05) is 4.49 Å². The third kappa shape index (κ3) is 3.79. The molecule has 4 rings (SSSR count). The van der Waals surface area contributed by atoms with Crippen LogP contribution in [0, 0.1) is 6.92 Å². The molecule has 25 heavy (non-hydrogen) atoms. The highest BCUT2D eigenvalue weighted by Crippen LogP contribution is 2.29. The minimum atomic E-state index is -0.0395. The predicted octanol–water partition coefficient (Wildman–Crippen LogP) is 3.28. The second-order valence-corrected chi connectivity index (χ2v) is 8.67. The van der Waals surface area contributed by atoms with Crippen LogP contribution in [0.3, 0.4) is 0 Å². The highest BCUT2D eigenvalue weighted by molar-refractivity contribution is 7.12. The van der Waals surface area contributed by atoms with Crippen LogP contribution < -0.4 is 0 Å². The van der Waals surface area contributed by atoms with Gasteiger partial charge in [-0.05, 0) is 36.5 Å². The van der Waals surface area contributed by atoms with Crippen LogP contribution in [-0.2, 0) is 30.9 Å². The van der Waals surface area contributed by atoms with Crippen LogP contribution in [0.15, 0.2) is 16.8 Å². The number of hydrogen-bond acceptors (Lipinski definition) is 8. The SMILES string of the molecule is Cc1nc(COCc2cc3c(s2)CCN(C(=O)c2csnn2)C3)cs1. The number of thiophene rings is 1. The third-order valence-electron chi connectivity index (χ3n) is 3.94. The summed E-state index contributed by atoms with van der Waals surface area (Å²) in [7, 11) is 0. The van der Waals surface area contributed by atoms with Gasteiger partial charge < -0.3 is 9.64 Å². The molecule has 1 aliphatic heterocycles. The second-order valence-electron chi connectivity index (χ2n) is 5.78. The van der Waals surface area contributed by atoms with Crippen molar-refractivity contribution in [1.29, 1.82) is 0 Å². The van der Waals surface area contributed by atoms with Gasteiger partial charge in [0.25, 0.3) is 5.91 Å². The molecule has 6 nitrogen and oxygen atoms in total. The highest BCUT2D eigenvalue weighted by Gasteiger charge is 2.25. The van der Waals surface area contributed by atoms with Crippen molar-refractivity contribution in [2.45, 2.75) is 33.1 Å². The number of hydrogen-bond donors (Lipinski definition) is 0. The van der Waals surface area contributed by atoms with Crippen LogP contribution in [0.5, 0.6) is 0 Å². The summed E-state index contributed by atoms with van der Waals surface area (Å²) >= 11 is 4.62. The molecule has 0 aliphatic carbocycles. The Morgan fingerprint density at radius 3 is 3.04 bits per heavy atom. The van der Waals surface area contributed by atoms with Crippen molar-refractivity contribution in [1.82, 2.24) is 19.5 Å². The quantitative estimate of drug-likeness (QED) is 0.666. The molecule has 0 N–H and O–H groups in total. The van der Waals surface area contributed by atoms with Gasteiger partial charge in [-0.3, -0.25) is 4.79 Å². The monoisotopic (exact) mass is 392 g/mol. The average molecular weight is 393 g/mol. The van der Waals surface area contributed by atoms with Crippen LogP contribution in [-0.4, -0.2) is 31.9 Å². The summed E-state index contributed by atoms with van der Waals surface area (Å²) in [4.78, 5) is 21.2. The number of carbonyl (C=O) groups excluding carboxylic acids is 1. The lowest BCUT2D eigenvalue weighted by molar-refractivity contribution is 0.0730. The Labute approximate surface area is 157 Å². The van der Waals surface area contributed by atoms with E-state index in [1.165, 1.54) is 26.9 Å². The third-order valence-corrected chi connectivity index (χ3v) is 6.48. The van der Waals surface area contributed by atoms with E-state index in [4.69, 9.17) is 4.74 Å². The number of thiazole rings is 1. The summed E-state index contributed by atoms with van der Waals surface area (Å²) in [6, 6.07) is 2.16. The molecule has 0 atom stereocenters.